The standard InChI is InChI=1S/C22H17FN4O2/c1-14-8-10-24-19(11-14)26-21(28)17-12-15-6-4-9-25-20(15)27(22(17)29)13-16-5-2-3-7-18(16)23/h2-12H,13H2,1H3,(H,24,26,28). The third-order valence-electron chi connectivity index (χ3n) is 4.54. The number of nitrogens with one attached hydrogen (secondary N) is 1. The Bertz CT molecular complexity index is 1280. The molecule has 0 saturated heterocycles. The molecule has 0 atom stereocenters. The Labute approximate surface area is 165 Å². The number of rotatable bonds is 4. The number of benzene rings is 1. The highest BCUT2D eigenvalue weighted by molar-refractivity contribution is 6.05. The smallest absolute Gasteiger partial charge is 0.265 e. The Morgan fingerprint density at radius 3 is 2.69 bits per heavy atom. The van der Waals surface area contributed by atoms with Gasteiger partial charge in [-0.05, 0) is 48.9 Å². The normalized spacial score (nSPS) is 10.8. The fraction of sp³-hybridized carbons (Fsp3) is 0.0909. The van der Waals surface area contributed by atoms with Gasteiger partial charge in [0.25, 0.3) is 11.5 Å². The number of nitrogens with zero attached hydrogens (tertiary/aromatic N) is 3. The average Bonchev–Trinajstić information content (AvgIpc) is 2.71. The molecule has 0 aliphatic carbocycles. The van der Waals surface area contributed by atoms with Gasteiger partial charge in [-0.15, -0.1) is 0 Å². The van der Waals surface area contributed by atoms with E-state index in [0.717, 1.165) is 5.56 Å². The molecule has 4 aromatic rings. The number of halogens is 1. The van der Waals surface area contributed by atoms with Gasteiger partial charge in [-0.2, -0.15) is 0 Å². The van der Waals surface area contributed by atoms with E-state index in [-0.39, 0.29) is 12.1 Å². The van der Waals surface area contributed by atoms with Crippen molar-refractivity contribution in [2.24, 2.45) is 0 Å². The molecule has 0 aliphatic heterocycles. The minimum atomic E-state index is -0.582. The van der Waals surface area contributed by atoms with Crippen molar-refractivity contribution in [3.8, 4) is 0 Å². The van der Waals surface area contributed by atoms with Crippen LogP contribution in [-0.2, 0) is 6.54 Å². The third-order valence-corrected chi connectivity index (χ3v) is 4.54. The summed E-state index contributed by atoms with van der Waals surface area (Å²) in [5, 5.41) is 3.25. The van der Waals surface area contributed by atoms with Crippen molar-refractivity contribution in [3.05, 3.63) is 99.9 Å². The first kappa shape index (κ1) is 18.5. The van der Waals surface area contributed by atoms with E-state index in [9.17, 15) is 14.0 Å². The van der Waals surface area contributed by atoms with E-state index in [1.54, 1.807) is 54.9 Å². The zero-order valence-corrected chi connectivity index (χ0v) is 15.6. The third kappa shape index (κ3) is 3.75. The van der Waals surface area contributed by atoms with Gasteiger partial charge in [-0.3, -0.25) is 14.2 Å². The van der Waals surface area contributed by atoms with Crippen LogP contribution in [-0.4, -0.2) is 20.4 Å². The largest absolute Gasteiger partial charge is 0.306 e. The summed E-state index contributed by atoms with van der Waals surface area (Å²) in [5.74, 6) is -0.662. The molecule has 0 bridgehead atoms. The van der Waals surface area contributed by atoms with Gasteiger partial charge in [-0.25, -0.2) is 14.4 Å². The first-order valence-electron chi connectivity index (χ1n) is 8.99. The fourth-order valence-electron chi connectivity index (χ4n) is 3.10. The number of amides is 1. The van der Waals surface area contributed by atoms with E-state index in [0.29, 0.717) is 22.4 Å². The number of hydrogen-bond acceptors (Lipinski definition) is 4. The van der Waals surface area contributed by atoms with Crippen LogP contribution in [0, 0.1) is 12.7 Å². The van der Waals surface area contributed by atoms with Gasteiger partial charge in [0, 0.05) is 23.3 Å². The van der Waals surface area contributed by atoms with Crippen LogP contribution in [0.1, 0.15) is 21.5 Å². The number of hydrogen-bond donors (Lipinski definition) is 1. The Hall–Kier alpha value is -3.87. The molecule has 144 valence electrons. The Kier molecular flexibility index (Phi) is 4.87. The number of aromatic nitrogens is 3. The van der Waals surface area contributed by atoms with Gasteiger partial charge in [0.15, 0.2) is 0 Å². The zero-order chi connectivity index (χ0) is 20.4. The Morgan fingerprint density at radius 2 is 1.90 bits per heavy atom. The summed E-state index contributed by atoms with van der Waals surface area (Å²) in [6, 6.07) is 14.7. The Balaban J connectivity index is 1.81. The van der Waals surface area contributed by atoms with Gasteiger partial charge in [0.1, 0.15) is 22.8 Å². The molecule has 1 aromatic carbocycles. The van der Waals surface area contributed by atoms with E-state index >= 15 is 0 Å². The molecule has 0 radical (unpaired) electrons. The van der Waals surface area contributed by atoms with Crippen molar-refractivity contribution >= 4 is 22.8 Å². The molecule has 6 nitrogen and oxygen atoms in total. The predicted octanol–water partition coefficient (Wildman–Crippen LogP) is 3.54. The summed E-state index contributed by atoms with van der Waals surface area (Å²) < 4.78 is 15.5. The van der Waals surface area contributed by atoms with Crippen molar-refractivity contribution in [2.45, 2.75) is 13.5 Å². The molecular formula is C22H17FN4O2. The van der Waals surface area contributed by atoms with E-state index < -0.39 is 17.3 Å². The molecule has 3 heterocycles. The van der Waals surface area contributed by atoms with Crippen LogP contribution in [0.15, 0.2) is 71.8 Å². The second-order valence-corrected chi connectivity index (χ2v) is 6.63. The predicted molar refractivity (Wildman–Crippen MR) is 108 cm³/mol. The maximum Gasteiger partial charge on any atom is 0.265 e. The van der Waals surface area contributed by atoms with Gasteiger partial charge >= 0.3 is 0 Å². The van der Waals surface area contributed by atoms with Crippen molar-refractivity contribution in [3.63, 3.8) is 0 Å². The minimum Gasteiger partial charge on any atom is -0.306 e. The summed E-state index contributed by atoms with van der Waals surface area (Å²) in [7, 11) is 0. The second kappa shape index (κ2) is 7.63. The van der Waals surface area contributed by atoms with E-state index in [1.165, 1.54) is 16.7 Å². The van der Waals surface area contributed by atoms with Crippen LogP contribution in [0.2, 0.25) is 0 Å². The summed E-state index contributed by atoms with van der Waals surface area (Å²) in [5.41, 5.74) is 1.02. The SMILES string of the molecule is Cc1ccnc(NC(=O)c2cc3cccnc3n(Cc3ccccc3F)c2=O)c1. The van der Waals surface area contributed by atoms with Crippen molar-refractivity contribution in [2.75, 3.05) is 5.32 Å². The van der Waals surface area contributed by atoms with Crippen LogP contribution in [0.3, 0.4) is 0 Å². The summed E-state index contributed by atoms with van der Waals surface area (Å²) in [6.07, 6.45) is 3.13. The van der Waals surface area contributed by atoms with Gasteiger partial charge in [0.2, 0.25) is 0 Å². The molecule has 29 heavy (non-hydrogen) atoms. The maximum absolute atomic E-state index is 14.2. The van der Waals surface area contributed by atoms with Crippen molar-refractivity contribution < 1.29 is 9.18 Å². The van der Waals surface area contributed by atoms with Gasteiger partial charge in [-0.1, -0.05) is 18.2 Å². The average molecular weight is 388 g/mol. The van der Waals surface area contributed by atoms with Gasteiger partial charge in [0.05, 0.1) is 6.54 Å². The van der Waals surface area contributed by atoms with Crippen LogP contribution in [0.4, 0.5) is 10.2 Å². The fourth-order valence-corrected chi connectivity index (χ4v) is 3.10. The number of pyridine rings is 3. The van der Waals surface area contributed by atoms with Crippen LogP contribution in [0.5, 0.6) is 0 Å². The van der Waals surface area contributed by atoms with Crippen molar-refractivity contribution in [1.29, 1.82) is 0 Å². The molecule has 1 N–H and O–H groups in total. The Morgan fingerprint density at radius 1 is 1.07 bits per heavy atom. The lowest BCUT2D eigenvalue weighted by Gasteiger charge is -2.13. The highest BCUT2D eigenvalue weighted by atomic mass is 19.1. The van der Waals surface area contributed by atoms with E-state index in [4.69, 9.17) is 0 Å². The second-order valence-electron chi connectivity index (χ2n) is 6.63. The molecule has 0 spiro atoms. The van der Waals surface area contributed by atoms with Crippen molar-refractivity contribution in [1.82, 2.24) is 14.5 Å². The molecule has 0 aliphatic rings. The quantitative estimate of drug-likeness (QED) is 0.580. The monoisotopic (exact) mass is 388 g/mol. The van der Waals surface area contributed by atoms with Gasteiger partial charge < -0.3 is 5.32 Å². The maximum atomic E-state index is 14.2. The number of anilines is 1. The van der Waals surface area contributed by atoms with E-state index in [2.05, 4.69) is 15.3 Å². The van der Waals surface area contributed by atoms with Crippen LogP contribution in [0.25, 0.3) is 11.0 Å². The number of carbonyl (C=O) groups excluding carboxylic acids is 1. The minimum absolute atomic E-state index is 0.0389. The number of carbonyl (C=O) groups is 1. The zero-order valence-electron chi connectivity index (χ0n) is 15.6. The van der Waals surface area contributed by atoms with Crippen LogP contribution < -0.4 is 10.9 Å². The highest BCUT2D eigenvalue weighted by Crippen LogP contribution is 2.15. The topological polar surface area (TPSA) is 76.9 Å². The summed E-state index contributed by atoms with van der Waals surface area (Å²) >= 11 is 0. The van der Waals surface area contributed by atoms with Crippen LogP contribution >= 0.6 is 0 Å². The lowest BCUT2D eigenvalue weighted by atomic mass is 10.1. The molecule has 1 amide bonds. The molecule has 0 fully saturated rings. The number of aryl methyl sites for hydroxylation is 1. The molecule has 0 saturated carbocycles. The first-order chi connectivity index (χ1) is 14.0. The lowest BCUT2D eigenvalue weighted by Crippen LogP contribution is -2.30. The number of fused-ring (bicyclic) bond motifs is 1. The molecule has 7 heteroatoms. The van der Waals surface area contributed by atoms with E-state index in [1.807, 2.05) is 6.92 Å². The molecule has 0 unspecified atom stereocenters. The summed E-state index contributed by atoms with van der Waals surface area (Å²) in [6.45, 7) is 1.84. The molecular weight excluding hydrogens is 371 g/mol. The highest BCUT2D eigenvalue weighted by Gasteiger charge is 2.18. The summed E-state index contributed by atoms with van der Waals surface area (Å²) in [4.78, 5) is 34.3. The molecule has 4 rings (SSSR count). The lowest BCUT2D eigenvalue weighted by molar-refractivity contribution is 0.102. The molecule has 3 aromatic heterocycles. The first-order valence-corrected chi connectivity index (χ1v) is 8.99.